The molecule has 35 heavy (non-hydrogen) atoms. The third-order valence-electron chi connectivity index (χ3n) is 4.77. The minimum atomic E-state index is -4.68. The normalized spacial score (nSPS) is 11.6. The lowest BCUT2D eigenvalue weighted by Gasteiger charge is -2.20. The van der Waals surface area contributed by atoms with E-state index < -0.39 is 27.6 Å². The third kappa shape index (κ3) is 6.59. The van der Waals surface area contributed by atoms with Crippen LogP contribution in [0.2, 0.25) is 0 Å². The smallest absolute Gasteiger partial charge is 0.368 e. The van der Waals surface area contributed by atoms with E-state index >= 15 is 0 Å². The molecule has 0 radical (unpaired) electrons. The molecule has 0 atom stereocenters. The summed E-state index contributed by atoms with van der Waals surface area (Å²) >= 11 is 0. The highest BCUT2D eigenvalue weighted by atomic mass is 32.2. The van der Waals surface area contributed by atoms with Gasteiger partial charge in [-0.05, 0) is 36.4 Å². The van der Waals surface area contributed by atoms with Gasteiger partial charge in [0, 0.05) is 38.9 Å². The van der Waals surface area contributed by atoms with Gasteiger partial charge in [0.1, 0.15) is 11.4 Å². The van der Waals surface area contributed by atoms with Crippen molar-refractivity contribution >= 4 is 39.1 Å². The molecule has 13 heteroatoms. The summed E-state index contributed by atoms with van der Waals surface area (Å²) in [5.41, 5.74) is -0.231. The first-order chi connectivity index (χ1) is 16.5. The van der Waals surface area contributed by atoms with Crippen molar-refractivity contribution in [2.45, 2.75) is 18.0 Å². The average molecular weight is 509 g/mol. The van der Waals surface area contributed by atoms with Gasteiger partial charge in [-0.3, -0.25) is 9.10 Å². The van der Waals surface area contributed by atoms with Crippen LogP contribution in [0, 0.1) is 0 Å². The molecular weight excluding hydrogens is 485 g/mol. The van der Waals surface area contributed by atoms with Crippen LogP contribution in [-0.4, -0.2) is 44.4 Å². The van der Waals surface area contributed by atoms with Crippen molar-refractivity contribution in [2.75, 3.05) is 35.1 Å². The van der Waals surface area contributed by atoms with Crippen LogP contribution in [0.25, 0.3) is 0 Å². The molecule has 0 saturated heterocycles. The fourth-order valence-electron chi connectivity index (χ4n) is 2.98. The van der Waals surface area contributed by atoms with Gasteiger partial charge in [-0.25, -0.2) is 13.4 Å². The Bertz CT molecular complexity index is 1270. The molecule has 3 aromatic rings. The summed E-state index contributed by atoms with van der Waals surface area (Å²) in [6, 6.07) is 14.1. The Labute approximate surface area is 200 Å². The maximum Gasteiger partial charge on any atom is 0.421 e. The number of carbonyl (C=O) groups is 1. The number of halogens is 3. The van der Waals surface area contributed by atoms with Crippen LogP contribution in [0.15, 0.2) is 65.7 Å². The predicted octanol–water partition coefficient (Wildman–Crippen LogP) is 3.61. The van der Waals surface area contributed by atoms with Gasteiger partial charge in [0.15, 0.2) is 0 Å². The molecule has 1 aromatic heterocycles. The van der Waals surface area contributed by atoms with E-state index in [0.29, 0.717) is 17.6 Å². The first-order valence-electron chi connectivity index (χ1n) is 10.3. The second-order valence-electron chi connectivity index (χ2n) is 7.32. The van der Waals surface area contributed by atoms with E-state index in [4.69, 9.17) is 0 Å². The lowest BCUT2D eigenvalue weighted by atomic mass is 10.3. The van der Waals surface area contributed by atoms with Crippen LogP contribution in [0.5, 0.6) is 0 Å². The number of aromatic nitrogens is 2. The lowest BCUT2D eigenvalue weighted by molar-refractivity contribution is -0.137. The Morgan fingerprint density at radius 1 is 1.03 bits per heavy atom. The van der Waals surface area contributed by atoms with Crippen LogP contribution < -0.4 is 20.3 Å². The molecule has 0 fully saturated rings. The van der Waals surface area contributed by atoms with E-state index in [2.05, 4.69) is 25.9 Å². The fraction of sp³-hybridized carbons (Fsp3) is 0.227. The summed E-state index contributed by atoms with van der Waals surface area (Å²) in [7, 11) is -2.34. The van der Waals surface area contributed by atoms with Crippen molar-refractivity contribution in [3.05, 3.63) is 66.4 Å². The van der Waals surface area contributed by atoms with Crippen LogP contribution in [0.1, 0.15) is 12.5 Å². The van der Waals surface area contributed by atoms with E-state index in [1.807, 2.05) is 0 Å². The number of carbonyl (C=O) groups excluding carboxylic acids is 1. The molecule has 0 aliphatic carbocycles. The van der Waals surface area contributed by atoms with E-state index in [9.17, 15) is 26.4 Å². The zero-order chi connectivity index (χ0) is 25.6. The largest absolute Gasteiger partial charge is 0.421 e. The number of sulfonamides is 1. The fourth-order valence-corrected chi connectivity index (χ4v) is 4.19. The van der Waals surface area contributed by atoms with Crippen molar-refractivity contribution in [3.63, 3.8) is 0 Å². The third-order valence-corrected chi connectivity index (χ3v) is 6.57. The van der Waals surface area contributed by atoms with Gasteiger partial charge in [-0.1, -0.05) is 18.2 Å². The number of nitrogens with zero attached hydrogens (tertiary/aromatic N) is 3. The van der Waals surface area contributed by atoms with Gasteiger partial charge in [0.25, 0.3) is 10.0 Å². The Morgan fingerprint density at radius 2 is 1.69 bits per heavy atom. The molecule has 3 rings (SSSR count). The molecule has 0 spiro atoms. The molecule has 0 aliphatic heterocycles. The molecule has 0 unspecified atom stereocenters. The summed E-state index contributed by atoms with van der Waals surface area (Å²) < 4.78 is 66.6. The predicted molar refractivity (Wildman–Crippen MR) is 126 cm³/mol. The summed E-state index contributed by atoms with van der Waals surface area (Å²) in [6.07, 6.45) is -4.02. The Morgan fingerprint density at radius 3 is 2.29 bits per heavy atom. The molecular formula is C22H23F3N6O3S. The van der Waals surface area contributed by atoms with Crippen molar-refractivity contribution in [3.8, 4) is 0 Å². The zero-order valence-corrected chi connectivity index (χ0v) is 19.6. The number of alkyl halides is 3. The first kappa shape index (κ1) is 25.7. The molecule has 0 bridgehead atoms. The monoisotopic (exact) mass is 508 g/mol. The molecule has 1 amide bonds. The molecule has 2 aromatic carbocycles. The van der Waals surface area contributed by atoms with Crippen molar-refractivity contribution in [2.24, 2.45) is 0 Å². The maximum atomic E-state index is 13.3. The number of amides is 1. The summed E-state index contributed by atoms with van der Waals surface area (Å²) in [5.74, 6) is -0.845. The molecule has 0 saturated carbocycles. The van der Waals surface area contributed by atoms with Crippen molar-refractivity contribution < 1.29 is 26.4 Å². The second kappa shape index (κ2) is 10.6. The number of rotatable bonds is 9. The molecule has 0 aliphatic rings. The molecule has 1 heterocycles. The number of nitrogens with one attached hydrogen (secondary N) is 3. The highest BCUT2D eigenvalue weighted by Gasteiger charge is 2.35. The van der Waals surface area contributed by atoms with Gasteiger partial charge < -0.3 is 16.0 Å². The standard InChI is InChI=1S/C22H23F3N6O3S/c1-15(32)26-12-13-27-20-19(22(23,24)25)14-28-21(30-20)29-16-8-10-17(11-9-16)31(2)35(33,34)18-6-4-3-5-7-18/h3-11,14H,12-13H2,1-2H3,(H,26,32)(H2,27,28,29,30). The Balaban J connectivity index is 1.76. The van der Waals surface area contributed by atoms with E-state index in [1.54, 1.807) is 42.5 Å². The first-order valence-corrected chi connectivity index (χ1v) is 11.8. The van der Waals surface area contributed by atoms with Crippen LogP contribution in [0.3, 0.4) is 0 Å². The van der Waals surface area contributed by atoms with E-state index in [-0.39, 0.29) is 29.8 Å². The van der Waals surface area contributed by atoms with Crippen molar-refractivity contribution in [1.29, 1.82) is 0 Å². The SMILES string of the molecule is CC(=O)NCCNc1nc(Nc2ccc(N(C)S(=O)(=O)c3ccccc3)cc2)ncc1C(F)(F)F. The topological polar surface area (TPSA) is 116 Å². The minimum Gasteiger partial charge on any atom is -0.368 e. The van der Waals surface area contributed by atoms with Crippen LogP contribution in [-0.2, 0) is 21.0 Å². The van der Waals surface area contributed by atoms with Gasteiger partial charge in [-0.2, -0.15) is 18.2 Å². The second-order valence-corrected chi connectivity index (χ2v) is 9.29. The minimum absolute atomic E-state index is 0.0238. The van der Waals surface area contributed by atoms with Crippen LogP contribution in [0.4, 0.5) is 36.3 Å². The van der Waals surface area contributed by atoms with Gasteiger partial charge in [0.05, 0.1) is 10.6 Å². The summed E-state index contributed by atoms with van der Waals surface area (Å²) in [5, 5.41) is 7.83. The Hall–Kier alpha value is -3.87. The summed E-state index contributed by atoms with van der Waals surface area (Å²) in [4.78, 5) is 18.7. The quantitative estimate of drug-likeness (QED) is 0.378. The van der Waals surface area contributed by atoms with E-state index in [1.165, 1.54) is 26.1 Å². The molecule has 9 nitrogen and oxygen atoms in total. The highest BCUT2D eigenvalue weighted by Crippen LogP contribution is 2.34. The van der Waals surface area contributed by atoms with Gasteiger partial charge in [0.2, 0.25) is 11.9 Å². The number of anilines is 4. The number of benzene rings is 2. The zero-order valence-electron chi connectivity index (χ0n) is 18.8. The van der Waals surface area contributed by atoms with Gasteiger partial charge in [-0.15, -0.1) is 0 Å². The average Bonchev–Trinajstić information content (AvgIpc) is 2.81. The molecule has 186 valence electrons. The summed E-state index contributed by atoms with van der Waals surface area (Å²) in [6.45, 7) is 1.43. The van der Waals surface area contributed by atoms with Crippen molar-refractivity contribution in [1.82, 2.24) is 15.3 Å². The Kier molecular flexibility index (Phi) is 7.79. The number of hydrogen-bond acceptors (Lipinski definition) is 7. The maximum absolute atomic E-state index is 13.3. The van der Waals surface area contributed by atoms with Gasteiger partial charge >= 0.3 is 6.18 Å². The number of hydrogen-bond donors (Lipinski definition) is 3. The van der Waals surface area contributed by atoms with E-state index in [0.717, 1.165) is 4.31 Å². The highest BCUT2D eigenvalue weighted by molar-refractivity contribution is 7.92. The van der Waals surface area contributed by atoms with Crippen LogP contribution >= 0.6 is 0 Å². The molecule has 3 N–H and O–H groups in total. The lowest BCUT2D eigenvalue weighted by Crippen LogP contribution is -2.27.